The van der Waals surface area contributed by atoms with Gasteiger partial charge in [0, 0.05) is 25.3 Å². The monoisotopic (exact) mass is 313 g/mol. The highest BCUT2D eigenvalue weighted by molar-refractivity contribution is 7.89. The molecule has 1 aliphatic carbocycles. The SMILES string of the molecule is CCNc1cccnc1S(=O)(=O)N(CCO)C1CCCC1. The van der Waals surface area contributed by atoms with Crippen molar-refractivity contribution in [3.63, 3.8) is 0 Å². The summed E-state index contributed by atoms with van der Waals surface area (Å²) in [6, 6.07) is 3.40. The molecule has 1 aromatic rings. The highest BCUT2D eigenvalue weighted by atomic mass is 32.2. The molecule has 0 aliphatic heterocycles. The molecule has 2 rings (SSSR count). The summed E-state index contributed by atoms with van der Waals surface area (Å²) in [5.74, 6) is 0. The molecule has 0 aromatic carbocycles. The van der Waals surface area contributed by atoms with Gasteiger partial charge in [-0.05, 0) is 31.9 Å². The van der Waals surface area contributed by atoms with Gasteiger partial charge >= 0.3 is 0 Å². The van der Waals surface area contributed by atoms with Gasteiger partial charge in [0.1, 0.15) is 0 Å². The van der Waals surface area contributed by atoms with Crippen LogP contribution in [-0.4, -0.2) is 48.6 Å². The number of hydrogen-bond donors (Lipinski definition) is 2. The lowest BCUT2D eigenvalue weighted by molar-refractivity contribution is 0.226. The van der Waals surface area contributed by atoms with Crippen LogP contribution in [0.4, 0.5) is 5.69 Å². The minimum Gasteiger partial charge on any atom is -0.395 e. The van der Waals surface area contributed by atoms with E-state index in [9.17, 15) is 13.5 Å². The summed E-state index contributed by atoms with van der Waals surface area (Å²) < 4.78 is 27.3. The van der Waals surface area contributed by atoms with Crippen LogP contribution in [-0.2, 0) is 10.0 Å². The topological polar surface area (TPSA) is 82.5 Å². The Morgan fingerprint density at radius 3 is 2.76 bits per heavy atom. The number of pyridine rings is 1. The first-order valence-corrected chi connectivity index (χ1v) is 8.87. The molecular weight excluding hydrogens is 290 g/mol. The smallest absolute Gasteiger partial charge is 0.262 e. The largest absolute Gasteiger partial charge is 0.395 e. The standard InChI is InChI=1S/C14H23N3O3S/c1-2-15-13-8-5-9-16-14(13)21(19,20)17(10-11-18)12-6-3-4-7-12/h5,8-9,12,15,18H,2-4,6-7,10-11H2,1H3. The van der Waals surface area contributed by atoms with Crippen molar-refractivity contribution in [2.45, 2.75) is 43.7 Å². The molecule has 2 N–H and O–H groups in total. The number of aromatic nitrogens is 1. The van der Waals surface area contributed by atoms with E-state index in [0.29, 0.717) is 12.2 Å². The first-order valence-electron chi connectivity index (χ1n) is 7.42. The number of nitrogens with zero attached hydrogens (tertiary/aromatic N) is 2. The van der Waals surface area contributed by atoms with Crippen molar-refractivity contribution in [1.29, 1.82) is 0 Å². The lowest BCUT2D eigenvalue weighted by atomic mass is 10.2. The van der Waals surface area contributed by atoms with Crippen LogP contribution < -0.4 is 5.32 Å². The van der Waals surface area contributed by atoms with Gasteiger partial charge in [0.2, 0.25) is 0 Å². The Bertz CT molecular complexity index is 556. The molecule has 1 saturated carbocycles. The summed E-state index contributed by atoms with van der Waals surface area (Å²) in [5.41, 5.74) is 0.515. The average Bonchev–Trinajstić information content (AvgIpc) is 2.99. The zero-order valence-corrected chi connectivity index (χ0v) is 13.1. The Morgan fingerprint density at radius 1 is 1.43 bits per heavy atom. The Hall–Kier alpha value is -1.18. The van der Waals surface area contributed by atoms with E-state index < -0.39 is 10.0 Å². The molecule has 6 nitrogen and oxygen atoms in total. The van der Waals surface area contributed by atoms with Crippen molar-refractivity contribution in [2.75, 3.05) is 25.0 Å². The van der Waals surface area contributed by atoms with Crippen LogP contribution in [0, 0.1) is 0 Å². The predicted octanol–water partition coefficient (Wildman–Crippen LogP) is 1.44. The number of aliphatic hydroxyl groups excluding tert-OH is 1. The van der Waals surface area contributed by atoms with Gasteiger partial charge in [-0.1, -0.05) is 12.8 Å². The minimum atomic E-state index is -3.70. The molecule has 1 heterocycles. The van der Waals surface area contributed by atoms with Crippen molar-refractivity contribution in [3.8, 4) is 0 Å². The van der Waals surface area contributed by atoms with Crippen LogP contribution in [0.3, 0.4) is 0 Å². The van der Waals surface area contributed by atoms with E-state index in [2.05, 4.69) is 10.3 Å². The molecule has 0 spiro atoms. The van der Waals surface area contributed by atoms with Crippen LogP contribution in [0.25, 0.3) is 0 Å². The summed E-state index contributed by atoms with van der Waals surface area (Å²) in [4.78, 5) is 4.07. The number of aliphatic hydroxyl groups is 1. The second kappa shape index (κ2) is 7.20. The lowest BCUT2D eigenvalue weighted by Gasteiger charge is -2.27. The number of hydrogen-bond acceptors (Lipinski definition) is 5. The van der Waals surface area contributed by atoms with Crippen LogP contribution in [0.2, 0.25) is 0 Å². The van der Waals surface area contributed by atoms with Crippen molar-refractivity contribution < 1.29 is 13.5 Å². The van der Waals surface area contributed by atoms with Gasteiger partial charge in [0.15, 0.2) is 5.03 Å². The predicted molar refractivity (Wildman–Crippen MR) is 81.6 cm³/mol. The van der Waals surface area contributed by atoms with Gasteiger partial charge in [0.05, 0.1) is 12.3 Å². The van der Waals surface area contributed by atoms with Gasteiger partial charge in [0.25, 0.3) is 10.0 Å². The maximum Gasteiger partial charge on any atom is 0.262 e. The third-order valence-electron chi connectivity index (χ3n) is 3.74. The van der Waals surface area contributed by atoms with Gasteiger partial charge in [-0.3, -0.25) is 0 Å². The molecule has 1 fully saturated rings. The fourth-order valence-corrected chi connectivity index (χ4v) is 4.58. The zero-order valence-electron chi connectivity index (χ0n) is 12.3. The summed E-state index contributed by atoms with van der Waals surface area (Å²) in [6.45, 7) is 2.47. The molecule has 1 aromatic heterocycles. The summed E-state index contributed by atoms with van der Waals surface area (Å²) in [5, 5.41) is 12.3. The number of anilines is 1. The normalized spacial score (nSPS) is 16.5. The van der Waals surface area contributed by atoms with Crippen LogP contribution >= 0.6 is 0 Å². The van der Waals surface area contributed by atoms with Crippen LogP contribution in [0.1, 0.15) is 32.6 Å². The van der Waals surface area contributed by atoms with E-state index in [4.69, 9.17) is 0 Å². The molecule has 1 aliphatic rings. The van der Waals surface area contributed by atoms with Gasteiger partial charge in [-0.2, -0.15) is 4.31 Å². The van der Waals surface area contributed by atoms with Crippen molar-refractivity contribution in [2.24, 2.45) is 0 Å². The number of nitrogens with one attached hydrogen (secondary N) is 1. The molecule has 0 amide bonds. The fourth-order valence-electron chi connectivity index (χ4n) is 2.82. The molecule has 0 radical (unpaired) electrons. The van der Waals surface area contributed by atoms with E-state index in [1.807, 2.05) is 6.92 Å². The Balaban J connectivity index is 2.38. The third-order valence-corrected chi connectivity index (χ3v) is 5.66. The molecular formula is C14H23N3O3S. The van der Waals surface area contributed by atoms with Crippen molar-refractivity contribution in [1.82, 2.24) is 9.29 Å². The molecule has 0 atom stereocenters. The maximum atomic E-state index is 12.9. The van der Waals surface area contributed by atoms with Crippen molar-refractivity contribution >= 4 is 15.7 Å². The third kappa shape index (κ3) is 3.53. The van der Waals surface area contributed by atoms with Crippen LogP contribution in [0.15, 0.2) is 23.4 Å². The van der Waals surface area contributed by atoms with Gasteiger partial charge < -0.3 is 10.4 Å². The summed E-state index contributed by atoms with van der Waals surface area (Å²) >= 11 is 0. The van der Waals surface area contributed by atoms with E-state index in [1.165, 1.54) is 10.5 Å². The Kier molecular flexibility index (Phi) is 5.55. The van der Waals surface area contributed by atoms with E-state index in [0.717, 1.165) is 25.7 Å². The fraction of sp³-hybridized carbons (Fsp3) is 0.643. The van der Waals surface area contributed by atoms with Crippen LogP contribution in [0.5, 0.6) is 0 Å². The maximum absolute atomic E-state index is 12.9. The lowest BCUT2D eigenvalue weighted by Crippen LogP contribution is -2.41. The van der Waals surface area contributed by atoms with E-state index >= 15 is 0 Å². The second-order valence-corrected chi connectivity index (χ2v) is 6.97. The molecule has 21 heavy (non-hydrogen) atoms. The summed E-state index contributed by atoms with van der Waals surface area (Å²) in [6.07, 6.45) is 5.25. The minimum absolute atomic E-state index is 0.0290. The van der Waals surface area contributed by atoms with Crippen molar-refractivity contribution in [3.05, 3.63) is 18.3 Å². The molecule has 118 valence electrons. The van der Waals surface area contributed by atoms with E-state index in [-0.39, 0.29) is 24.2 Å². The first-order chi connectivity index (χ1) is 10.1. The molecule has 7 heteroatoms. The quantitative estimate of drug-likeness (QED) is 0.796. The molecule has 0 bridgehead atoms. The number of sulfonamides is 1. The highest BCUT2D eigenvalue weighted by Gasteiger charge is 2.35. The first kappa shape index (κ1) is 16.2. The zero-order chi connectivity index (χ0) is 15.3. The van der Waals surface area contributed by atoms with Gasteiger partial charge in [-0.15, -0.1) is 0 Å². The molecule has 0 saturated heterocycles. The highest BCUT2D eigenvalue weighted by Crippen LogP contribution is 2.30. The average molecular weight is 313 g/mol. The Labute approximate surface area is 126 Å². The molecule has 0 unspecified atom stereocenters. The second-order valence-electron chi connectivity index (χ2n) is 5.16. The number of rotatable bonds is 7. The van der Waals surface area contributed by atoms with Gasteiger partial charge in [-0.25, -0.2) is 13.4 Å². The Morgan fingerprint density at radius 2 is 2.14 bits per heavy atom. The van der Waals surface area contributed by atoms with E-state index in [1.54, 1.807) is 12.1 Å². The summed E-state index contributed by atoms with van der Waals surface area (Å²) in [7, 11) is -3.70.